The molecule has 2 heterocycles. The minimum absolute atomic E-state index is 0.0206. The summed E-state index contributed by atoms with van der Waals surface area (Å²) in [5.41, 5.74) is 4.92. The molecule has 36 heavy (non-hydrogen) atoms. The van der Waals surface area contributed by atoms with E-state index in [0.717, 1.165) is 11.3 Å². The maximum Gasteiger partial charge on any atom is 0.410 e. The molecule has 2 aliphatic heterocycles. The van der Waals surface area contributed by atoms with Gasteiger partial charge in [0.2, 0.25) is 0 Å². The van der Waals surface area contributed by atoms with E-state index >= 15 is 0 Å². The van der Waals surface area contributed by atoms with Gasteiger partial charge in [-0.15, -0.1) is 0 Å². The second-order valence-electron chi connectivity index (χ2n) is 10.2. The summed E-state index contributed by atoms with van der Waals surface area (Å²) in [4.78, 5) is 15.2. The van der Waals surface area contributed by atoms with Crippen LogP contribution in [0.1, 0.15) is 35.4 Å². The highest BCUT2D eigenvalue weighted by Gasteiger charge is 2.48. The number of carbonyl (C=O) groups excluding carboxylic acids is 1. The fourth-order valence-electron chi connectivity index (χ4n) is 6.35. The van der Waals surface area contributed by atoms with E-state index in [9.17, 15) is 9.90 Å². The molecule has 0 saturated carbocycles. The molecule has 6 rings (SSSR count). The van der Waals surface area contributed by atoms with Gasteiger partial charge >= 0.3 is 6.09 Å². The smallest absolute Gasteiger partial charge is 0.410 e. The summed E-state index contributed by atoms with van der Waals surface area (Å²) in [5, 5.41) is 11.5. The standard InChI is InChI=1S/C30H31NO5/c1-34-23-8-6-7-20(13-23)14-30(33)15-21-17-35-18-22(16-30)31(21)29(32)36-19-28-26-11-4-2-9-24(26)25-10-3-5-12-27(25)28/h2-13,21-22,28,33H,14-19H2,1H3. The summed E-state index contributed by atoms with van der Waals surface area (Å²) < 4.78 is 17.1. The molecule has 3 aliphatic rings. The second kappa shape index (κ2) is 9.26. The van der Waals surface area contributed by atoms with Crippen molar-refractivity contribution in [1.29, 1.82) is 0 Å². The predicted octanol–water partition coefficient (Wildman–Crippen LogP) is 4.78. The first-order valence-corrected chi connectivity index (χ1v) is 12.6. The van der Waals surface area contributed by atoms with Crippen LogP contribution in [-0.2, 0) is 15.9 Å². The average Bonchev–Trinajstić information content (AvgIpc) is 3.20. The molecule has 3 aromatic rings. The van der Waals surface area contributed by atoms with E-state index < -0.39 is 5.60 Å². The molecule has 1 amide bonds. The van der Waals surface area contributed by atoms with E-state index in [-0.39, 0.29) is 30.7 Å². The van der Waals surface area contributed by atoms with Gasteiger partial charge in [0.1, 0.15) is 12.4 Å². The van der Waals surface area contributed by atoms with Crippen molar-refractivity contribution in [2.24, 2.45) is 0 Å². The number of ether oxygens (including phenoxy) is 3. The van der Waals surface area contributed by atoms with Crippen LogP contribution >= 0.6 is 0 Å². The van der Waals surface area contributed by atoms with E-state index in [4.69, 9.17) is 14.2 Å². The Morgan fingerprint density at radius 3 is 2.25 bits per heavy atom. The Bertz CT molecular complexity index is 1210. The minimum atomic E-state index is -0.911. The molecule has 1 N–H and O–H groups in total. The van der Waals surface area contributed by atoms with Gasteiger partial charge in [0.05, 0.1) is 38.0 Å². The summed E-state index contributed by atoms with van der Waals surface area (Å²) in [6, 6.07) is 24.0. The molecule has 2 fully saturated rings. The minimum Gasteiger partial charge on any atom is -0.497 e. The van der Waals surface area contributed by atoms with Crippen molar-refractivity contribution in [1.82, 2.24) is 4.90 Å². The predicted molar refractivity (Wildman–Crippen MR) is 136 cm³/mol. The van der Waals surface area contributed by atoms with Crippen molar-refractivity contribution in [3.8, 4) is 16.9 Å². The highest BCUT2D eigenvalue weighted by atomic mass is 16.6. The van der Waals surface area contributed by atoms with Crippen LogP contribution in [0.5, 0.6) is 5.75 Å². The summed E-state index contributed by atoms with van der Waals surface area (Å²) in [6.07, 6.45) is 1.09. The first kappa shape index (κ1) is 23.1. The molecule has 2 unspecified atom stereocenters. The molecule has 6 heteroatoms. The van der Waals surface area contributed by atoms with Crippen LogP contribution in [0.2, 0.25) is 0 Å². The third-order valence-electron chi connectivity index (χ3n) is 7.85. The molecule has 3 aromatic carbocycles. The zero-order valence-corrected chi connectivity index (χ0v) is 20.4. The van der Waals surface area contributed by atoms with Gasteiger partial charge in [-0.1, -0.05) is 60.7 Å². The molecule has 186 valence electrons. The highest BCUT2D eigenvalue weighted by Crippen LogP contribution is 2.45. The molecule has 1 aliphatic carbocycles. The molecule has 0 aromatic heterocycles. The number of fused-ring (bicyclic) bond motifs is 5. The van der Waals surface area contributed by atoms with Gasteiger partial charge in [-0.25, -0.2) is 4.79 Å². The van der Waals surface area contributed by atoms with Gasteiger partial charge in [-0.3, -0.25) is 4.90 Å². The lowest BCUT2D eigenvalue weighted by Gasteiger charge is -2.51. The van der Waals surface area contributed by atoms with Gasteiger partial charge in [-0.2, -0.15) is 0 Å². The Labute approximate surface area is 211 Å². The van der Waals surface area contributed by atoms with Crippen molar-refractivity contribution in [2.45, 2.75) is 42.9 Å². The largest absolute Gasteiger partial charge is 0.497 e. The first-order chi connectivity index (χ1) is 17.5. The van der Waals surface area contributed by atoms with Crippen molar-refractivity contribution in [3.63, 3.8) is 0 Å². The SMILES string of the molecule is COc1cccc(CC2(O)CC3COCC(C2)N3C(=O)OCC2c3ccccc3-c3ccccc32)c1. The fraction of sp³-hybridized carbons (Fsp3) is 0.367. The van der Waals surface area contributed by atoms with Gasteiger partial charge in [0.15, 0.2) is 0 Å². The zero-order chi connectivity index (χ0) is 24.7. The van der Waals surface area contributed by atoms with E-state index in [0.29, 0.717) is 32.5 Å². The molecule has 6 nitrogen and oxygen atoms in total. The van der Waals surface area contributed by atoms with Crippen molar-refractivity contribution in [2.75, 3.05) is 26.9 Å². The molecule has 2 saturated heterocycles. The Morgan fingerprint density at radius 2 is 1.61 bits per heavy atom. The third kappa shape index (κ3) is 4.14. The highest BCUT2D eigenvalue weighted by molar-refractivity contribution is 5.79. The lowest BCUT2D eigenvalue weighted by atomic mass is 9.78. The maximum atomic E-state index is 13.4. The normalized spacial score (nSPS) is 24.7. The van der Waals surface area contributed by atoms with E-state index in [1.165, 1.54) is 22.3 Å². The van der Waals surface area contributed by atoms with Crippen LogP contribution in [0.25, 0.3) is 11.1 Å². The van der Waals surface area contributed by atoms with Crippen molar-refractivity contribution < 1.29 is 24.1 Å². The summed E-state index contributed by atoms with van der Waals surface area (Å²) in [7, 11) is 1.64. The number of rotatable bonds is 5. The van der Waals surface area contributed by atoms with E-state index in [2.05, 4.69) is 24.3 Å². The molecule has 0 radical (unpaired) electrons. The summed E-state index contributed by atoms with van der Waals surface area (Å²) in [6.45, 7) is 1.10. The number of amides is 1. The van der Waals surface area contributed by atoms with Crippen LogP contribution in [-0.4, -0.2) is 60.7 Å². The number of carbonyl (C=O) groups is 1. The van der Waals surface area contributed by atoms with E-state index in [1.54, 1.807) is 7.11 Å². The maximum absolute atomic E-state index is 13.4. The molecular weight excluding hydrogens is 454 g/mol. The van der Waals surface area contributed by atoms with Crippen molar-refractivity contribution in [3.05, 3.63) is 89.5 Å². The van der Waals surface area contributed by atoms with Gasteiger partial charge < -0.3 is 19.3 Å². The molecule has 0 spiro atoms. The number of hydrogen-bond acceptors (Lipinski definition) is 5. The van der Waals surface area contributed by atoms with Crippen LogP contribution in [0.15, 0.2) is 72.8 Å². The lowest BCUT2D eigenvalue weighted by molar-refractivity contribution is -0.132. The van der Waals surface area contributed by atoms with Crippen LogP contribution in [0.4, 0.5) is 4.79 Å². The zero-order valence-electron chi connectivity index (χ0n) is 20.4. The number of methoxy groups -OCH3 is 1. The topological polar surface area (TPSA) is 68.2 Å². The van der Waals surface area contributed by atoms with E-state index in [1.807, 2.05) is 53.4 Å². The second-order valence-corrected chi connectivity index (χ2v) is 10.2. The Kier molecular flexibility index (Phi) is 5.94. The van der Waals surface area contributed by atoms with Crippen LogP contribution < -0.4 is 4.74 Å². The van der Waals surface area contributed by atoms with Gasteiger partial charge in [0, 0.05) is 12.3 Å². The summed E-state index contributed by atoms with van der Waals surface area (Å²) >= 11 is 0. The third-order valence-corrected chi connectivity index (χ3v) is 7.85. The van der Waals surface area contributed by atoms with Gasteiger partial charge in [0.25, 0.3) is 0 Å². The first-order valence-electron chi connectivity index (χ1n) is 12.6. The molecular formula is C30H31NO5. The Morgan fingerprint density at radius 1 is 0.972 bits per heavy atom. The van der Waals surface area contributed by atoms with Crippen LogP contribution in [0.3, 0.4) is 0 Å². The quantitative estimate of drug-likeness (QED) is 0.563. The van der Waals surface area contributed by atoms with Crippen molar-refractivity contribution >= 4 is 6.09 Å². The Balaban J connectivity index is 1.16. The molecule has 2 bridgehead atoms. The van der Waals surface area contributed by atoms with Gasteiger partial charge in [-0.05, 0) is 52.8 Å². The monoisotopic (exact) mass is 485 g/mol. The number of hydrogen-bond donors (Lipinski definition) is 1. The Hall–Kier alpha value is -3.35. The number of nitrogens with zero attached hydrogens (tertiary/aromatic N) is 1. The molecule has 2 atom stereocenters. The van der Waals surface area contributed by atoms with Crippen LogP contribution in [0, 0.1) is 0 Å². The average molecular weight is 486 g/mol. The fourth-order valence-corrected chi connectivity index (χ4v) is 6.35. The number of benzene rings is 3. The lowest BCUT2D eigenvalue weighted by Crippen LogP contribution is -2.64. The summed E-state index contributed by atoms with van der Waals surface area (Å²) in [5.74, 6) is 0.794. The number of morpholine rings is 1. The number of piperidine rings is 1. The number of aliphatic hydroxyl groups is 1.